The van der Waals surface area contributed by atoms with Crippen LogP contribution in [0.15, 0.2) is 85.5 Å². The second kappa shape index (κ2) is 13.3. The summed E-state index contributed by atoms with van der Waals surface area (Å²) < 4.78 is 59.0. The van der Waals surface area contributed by atoms with Crippen molar-refractivity contribution in [2.45, 2.75) is 45.4 Å². The first-order chi connectivity index (χ1) is 20.3. The van der Waals surface area contributed by atoms with Crippen molar-refractivity contribution in [1.82, 2.24) is 9.55 Å². The van der Waals surface area contributed by atoms with Gasteiger partial charge in [-0.1, -0.05) is 30.3 Å². The van der Waals surface area contributed by atoms with Gasteiger partial charge in [-0.05, 0) is 91.9 Å². The Bertz CT molecular complexity index is 1680. The highest BCUT2D eigenvalue weighted by Crippen LogP contribution is 2.32. The zero-order chi connectivity index (χ0) is 31.2. The van der Waals surface area contributed by atoms with Crippen LogP contribution >= 0.6 is 0 Å². The minimum atomic E-state index is -3.35. The van der Waals surface area contributed by atoms with Crippen LogP contribution in [-0.4, -0.2) is 47.6 Å². The predicted molar refractivity (Wildman–Crippen MR) is 166 cm³/mol. The number of ether oxygens (including phenoxy) is 1. The lowest BCUT2D eigenvalue weighted by Crippen LogP contribution is -2.38. The Balaban J connectivity index is 1.78. The first-order valence-corrected chi connectivity index (χ1v) is 15.8. The molecule has 1 N–H and O–H groups in total. The minimum absolute atomic E-state index is 0.00210. The number of imidazole rings is 1. The number of anilines is 1. The van der Waals surface area contributed by atoms with E-state index in [-0.39, 0.29) is 18.0 Å². The van der Waals surface area contributed by atoms with E-state index in [9.17, 15) is 22.0 Å². The number of nitrogens with one attached hydrogen (secondary N) is 1. The maximum Gasteiger partial charge on any atom is 0.329 e. The smallest absolute Gasteiger partial charge is 0.329 e. The monoisotopic (exact) mass is 607 g/mol. The van der Waals surface area contributed by atoms with Gasteiger partial charge in [-0.15, -0.1) is 0 Å². The van der Waals surface area contributed by atoms with E-state index in [1.807, 2.05) is 29.0 Å². The van der Waals surface area contributed by atoms with E-state index in [1.54, 1.807) is 63.6 Å². The number of carbonyl (C=O) groups is 1. The molecule has 0 saturated carbocycles. The van der Waals surface area contributed by atoms with Gasteiger partial charge in [-0.3, -0.25) is 0 Å². The second-order valence-electron chi connectivity index (χ2n) is 11.4. The third-order valence-electron chi connectivity index (χ3n) is 6.47. The highest BCUT2D eigenvalue weighted by molar-refractivity contribution is 7.90. The average molecular weight is 608 g/mol. The molecule has 0 saturated heterocycles. The summed E-state index contributed by atoms with van der Waals surface area (Å²) in [7, 11) is -3.35. The molecule has 3 aromatic carbocycles. The number of sulfone groups is 1. The van der Waals surface area contributed by atoms with E-state index >= 15 is 0 Å². The number of hydrogen-bond acceptors (Lipinski definition) is 6. The molecule has 0 aliphatic heterocycles. The van der Waals surface area contributed by atoms with E-state index < -0.39 is 33.3 Å². The zero-order valence-electron chi connectivity index (χ0n) is 24.6. The molecular formula is C33H35F2N3O4S. The first kappa shape index (κ1) is 31.6. The van der Waals surface area contributed by atoms with Crippen LogP contribution in [0.1, 0.15) is 38.3 Å². The van der Waals surface area contributed by atoms with Gasteiger partial charge in [0.05, 0.1) is 12.1 Å². The van der Waals surface area contributed by atoms with Crippen LogP contribution in [-0.2, 0) is 25.9 Å². The van der Waals surface area contributed by atoms with Crippen molar-refractivity contribution in [2.24, 2.45) is 0 Å². The van der Waals surface area contributed by atoms with E-state index in [1.165, 1.54) is 24.3 Å². The van der Waals surface area contributed by atoms with Crippen molar-refractivity contribution < 1.29 is 26.7 Å². The number of carbonyl (C=O) groups excluding carboxylic acids is 1. The lowest BCUT2D eigenvalue weighted by molar-refractivity contribution is -0.155. The van der Waals surface area contributed by atoms with Crippen molar-refractivity contribution in [1.29, 1.82) is 0 Å². The number of aromatic nitrogens is 2. The molecular weight excluding hydrogens is 572 g/mol. The van der Waals surface area contributed by atoms with Gasteiger partial charge in [-0.25, -0.2) is 27.0 Å². The van der Waals surface area contributed by atoms with Crippen LogP contribution in [0, 0.1) is 11.6 Å². The van der Waals surface area contributed by atoms with E-state index in [4.69, 9.17) is 4.74 Å². The number of allylic oxidation sites excluding steroid dienone is 1. The van der Waals surface area contributed by atoms with Crippen molar-refractivity contribution in [3.05, 3.63) is 108 Å². The standard InChI is InChI=1S/C33H35F2N3O4S/c1-33(2,3)42-32(39)31(15-18-43(4,40)41)37-30-14-5-23(20-29(30)25-8-12-28(35)13-9-25)19-26(21-38-17-16-36-22-38)24-6-10-27(34)11-7-24/h5-14,16-17,19-20,22,31,37H,15,18,21H2,1-4H3/b26-19-/t31-/m0/s1. The zero-order valence-corrected chi connectivity index (χ0v) is 25.4. The number of rotatable bonds is 11. The van der Waals surface area contributed by atoms with Crippen LogP contribution < -0.4 is 5.32 Å². The van der Waals surface area contributed by atoms with Gasteiger partial charge in [0.2, 0.25) is 0 Å². The molecule has 4 aromatic rings. The van der Waals surface area contributed by atoms with Gasteiger partial charge < -0.3 is 14.6 Å². The second-order valence-corrected chi connectivity index (χ2v) is 13.6. The fourth-order valence-electron chi connectivity index (χ4n) is 4.45. The van der Waals surface area contributed by atoms with E-state index in [2.05, 4.69) is 10.3 Å². The molecule has 7 nitrogen and oxygen atoms in total. The van der Waals surface area contributed by atoms with E-state index in [0.29, 0.717) is 23.4 Å². The normalized spacial score (nSPS) is 13.0. The summed E-state index contributed by atoms with van der Waals surface area (Å²) in [6.07, 6.45) is 8.30. The molecule has 0 aliphatic rings. The molecule has 0 spiro atoms. The first-order valence-electron chi connectivity index (χ1n) is 13.8. The third kappa shape index (κ3) is 9.61. The van der Waals surface area contributed by atoms with Crippen molar-refractivity contribution in [3.63, 3.8) is 0 Å². The van der Waals surface area contributed by atoms with Crippen LogP contribution in [0.5, 0.6) is 0 Å². The average Bonchev–Trinajstić information content (AvgIpc) is 3.44. The van der Waals surface area contributed by atoms with Gasteiger partial charge >= 0.3 is 5.97 Å². The van der Waals surface area contributed by atoms with Gasteiger partial charge in [0, 0.05) is 36.4 Å². The molecule has 43 heavy (non-hydrogen) atoms. The molecule has 0 unspecified atom stereocenters. The molecule has 1 heterocycles. The molecule has 0 radical (unpaired) electrons. The van der Waals surface area contributed by atoms with Gasteiger partial charge in [-0.2, -0.15) is 0 Å². The van der Waals surface area contributed by atoms with Gasteiger partial charge in [0.1, 0.15) is 33.1 Å². The Morgan fingerprint density at radius 1 is 1.02 bits per heavy atom. The number of halogens is 2. The molecule has 0 aliphatic carbocycles. The Hall–Kier alpha value is -4.31. The quantitative estimate of drug-likeness (QED) is 0.152. The predicted octanol–water partition coefficient (Wildman–Crippen LogP) is 6.63. The maximum atomic E-state index is 13.9. The van der Waals surface area contributed by atoms with Crippen molar-refractivity contribution in [2.75, 3.05) is 17.3 Å². The van der Waals surface area contributed by atoms with E-state index in [0.717, 1.165) is 23.0 Å². The van der Waals surface area contributed by atoms with Gasteiger partial charge in [0.15, 0.2) is 0 Å². The number of nitrogens with zero attached hydrogens (tertiary/aromatic N) is 2. The highest BCUT2D eigenvalue weighted by Gasteiger charge is 2.27. The molecule has 0 fully saturated rings. The molecule has 226 valence electrons. The Morgan fingerprint density at radius 3 is 2.26 bits per heavy atom. The van der Waals surface area contributed by atoms with Crippen LogP contribution in [0.2, 0.25) is 0 Å². The number of esters is 1. The Labute approximate surface area is 251 Å². The van der Waals surface area contributed by atoms with Crippen LogP contribution in [0.3, 0.4) is 0 Å². The van der Waals surface area contributed by atoms with Crippen molar-refractivity contribution in [3.8, 4) is 11.1 Å². The fraction of sp³-hybridized carbons (Fsp3) is 0.273. The molecule has 0 amide bonds. The fourth-order valence-corrected chi connectivity index (χ4v) is 5.11. The topological polar surface area (TPSA) is 90.3 Å². The summed E-state index contributed by atoms with van der Waals surface area (Å²) in [4.78, 5) is 17.3. The Morgan fingerprint density at radius 2 is 1.67 bits per heavy atom. The Kier molecular flexibility index (Phi) is 9.80. The summed E-state index contributed by atoms with van der Waals surface area (Å²) in [6, 6.07) is 16.8. The maximum absolute atomic E-state index is 13.9. The summed E-state index contributed by atoms with van der Waals surface area (Å²) in [5.74, 6) is -1.53. The summed E-state index contributed by atoms with van der Waals surface area (Å²) in [5.41, 5.74) is 3.64. The van der Waals surface area contributed by atoms with Gasteiger partial charge in [0.25, 0.3) is 0 Å². The molecule has 1 aromatic heterocycles. The molecule has 1 atom stereocenters. The number of hydrogen-bond donors (Lipinski definition) is 1. The molecule has 10 heteroatoms. The summed E-state index contributed by atoms with van der Waals surface area (Å²) in [6.45, 7) is 5.70. The SMILES string of the molecule is CC(C)(C)OC(=O)[C@H](CCS(C)(=O)=O)Nc1ccc(/C=C(/Cn2ccnc2)c2ccc(F)cc2)cc1-c1ccc(F)cc1. The lowest BCUT2D eigenvalue weighted by atomic mass is 9.97. The minimum Gasteiger partial charge on any atom is -0.458 e. The van der Waals surface area contributed by atoms with Crippen molar-refractivity contribution >= 4 is 33.1 Å². The third-order valence-corrected chi connectivity index (χ3v) is 7.44. The van der Waals surface area contributed by atoms with Crippen LogP contribution in [0.25, 0.3) is 22.8 Å². The summed E-state index contributed by atoms with van der Waals surface area (Å²) >= 11 is 0. The summed E-state index contributed by atoms with van der Waals surface area (Å²) in [5, 5.41) is 3.20. The van der Waals surface area contributed by atoms with Crippen LogP contribution in [0.4, 0.5) is 14.5 Å². The largest absolute Gasteiger partial charge is 0.458 e. The number of benzene rings is 3. The lowest BCUT2D eigenvalue weighted by Gasteiger charge is -2.26. The molecule has 0 bridgehead atoms. The molecule has 4 rings (SSSR count). The highest BCUT2D eigenvalue weighted by atomic mass is 32.2.